The molecule has 0 amide bonds. The minimum absolute atomic E-state index is 0.226. The van der Waals surface area contributed by atoms with Gasteiger partial charge < -0.3 is 14.2 Å². The second kappa shape index (κ2) is 8.58. The SMILES string of the molecule is COc1ccc(CCC(=O)OCc2ccccc2Br)cc1OC. The van der Waals surface area contributed by atoms with Crippen molar-refractivity contribution in [2.45, 2.75) is 19.4 Å². The molecule has 122 valence electrons. The Bertz CT molecular complexity index is 670. The number of halogens is 1. The maximum Gasteiger partial charge on any atom is 0.306 e. The lowest BCUT2D eigenvalue weighted by Gasteiger charge is -2.10. The second-order valence-electron chi connectivity index (χ2n) is 4.94. The van der Waals surface area contributed by atoms with Crippen molar-refractivity contribution in [2.24, 2.45) is 0 Å². The van der Waals surface area contributed by atoms with E-state index < -0.39 is 0 Å². The lowest BCUT2D eigenvalue weighted by atomic mass is 10.1. The van der Waals surface area contributed by atoms with Crippen molar-refractivity contribution >= 4 is 21.9 Å². The van der Waals surface area contributed by atoms with Crippen LogP contribution in [0.4, 0.5) is 0 Å². The van der Waals surface area contributed by atoms with Crippen molar-refractivity contribution in [3.8, 4) is 11.5 Å². The number of aryl methyl sites for hydroxylation is 1. The van der Waals surface area contributed by atoms with E-state index in [1.807, 2.05) is 42.5 Å². The molecule has 0 saturated heterocycles. The number of carbonyl (C=O) groups excluding carboxylic acids is 1. The third kappa shape index (κ3) is 4.99. The highest BCUT2D eigenvalue weighted by atomic mass is 79.9. The molecular weight excluding hydrogens is 360 g/mol. The van der Waals surface area contributed by atoms with Crippen LogP contribution in [0.25, 0.3) is 0 Å². The Morgan fingerprint density at radius 1 is 1.04 bits per heavy atom. The number of hydrogen-bond acceptors (Lipinski definition) is 4. The number of benzene rings is 2. The van der Waals surface area contributed by atoms with Crippen LogP contribution in [0.5, 0.6) is 11.5 Å². The van der Waals surface area contributed by atoms with E-state index in [1.165, 1.54) is 0 Å². The molecular formula is C18H19BrO4. The third-order valence-electron chi connectivity index (χ3n) is 3.41. The van der Waals surface area contributed by atoms with Crippen LogP contribution in [0.15, 0.2) is 46.9 Å². The number of rotatable bonds is 7. The van der Waals surface area contributed by atoms with Gasteiger partial charge in [-0.2, -0.15) is 0 Å². The minimum Gasteiger partial charge on any atom is -0.493 e. The summed E-state index contributed by atoms with van der Waals surface area (Å²) in [6, 6.07) is 13.3. The molecule has 2 aromatic rings. The fraction of sp³-hybridized carbons (Fsp3) is 0.278. The molecule has 2 aromatic carbocycles. The van der Waals surface area contributed by atoms with E-state index in [1.54, 1.807) is 14.2 Å². The average molecular weight is 379 g/mol. The molecule has 23 heavy (non-hydrogen) atoms. The summed E-state index contributed by atoms with van der Waals surface area (Å²) in [5, 5.41) is 0. The number of methoxy groups -OCH3 is 2. The van der Waals surface area contributed by atoms with E-state index >= 15 is 0 Å². The first-order valence-corrected chi connectivity index (χ1v) is 8.03. The van der Waals surface area contributed by atoms with Gasteiger partial charge in [0.1, 0.15) is 6.61 Å². The quantitative estimate of drug-likeness (QED) is 0.679. The molecule has 0 aliphatic heterocycles. The maximum absolute atomic E-state index is 11.9. The molecule has 4 nitrogen and oxygen atoms in total. The number of carbonyl (C=O) groups is 1. The highest BCUT2D eigenvalue weighted by Crippen LogP contribution is 2.28. The molecule has 0 radical (unpaired) electrons. The Hall–Kier alpha value is -2.01. The Labute approximate surface area is 144 Å². The Morgan fingerprint density at radius 2 is 1.78 bits per heavy atom. The molecule has 0 spiro atoms. The zero-order valence-electron chi connectivity index (χ0n) is 13.2. The maximum atomic E-state index is 11.9. The van der Waals surface area contributed by atoms with E-state index in [9.17, 15) is 4.79 Å². The summed E-state index contributed by atoms with van der Waals surface area (Å²) in [5.74, 6) is 1.11. The minimum atomic E-state index is -0.226. The predicted molar refractivity (Wildman–Crippen MR) is 91.8 cm³/mol. The van der Waals surface area contributed by atoms with Gasteiger partial charge in [-0.25, -0.2) is 0 Å². The summed E-state index contributed by atoms with van der Waals surface area (Å²) in [6.07, 6.45) is 0.912. The standard InChI is InChI=1S/C18H19BrO4/c1-21-16-9-7-13(11-17(16)22-2)8-10-18(20)23-12-14-5-3-4-6-15(14)19/h3-7,9,11H,8,10,12H2,1-2H3. The molecule has 5 heteroatoms. The first-order valence-electron chi connectivity index (χ1n) is 7.24. The Kier molecular flexibility index (Phi) is 6.47. The van der Waals surface area contributed by atoms with Crippen LogP contribution in [0.2, 0.25) is 0 Å². The zero-order valence-corrected chi connectivity index (χ0v) is 14.8. The molecule has 0 unspecified atom stereocenters. The molecule has 0 aromatic heterocycles. The molecule has 0 aliphatic rings. The van der Waals surface area contributed by atoms with Gasteiger partial charge in [0.05, 0.1) is 14.2 Å². The van der Waals surface area contributed by atoms with Crippen LogP contribution in [-0.2, 0) is 22.6 Å². The zero-order chi connectivity index (χ0) is 16.7. The fourth-order valence-corrected chi connectivity index (χ4v) is 2.53. The van der Waals surface area contributed by atoms with E-state index in [-0.39, 0.29) is 12.6 Å². The molecule has 2 rings (SSSR count). The van der Waals surface area contributed by atoms with E-state index in [0.717, 1.165) is 15.6 Å². The van der Waals surface area contributed by atoms with Gasteiger partial charge in [0.25, 0.3) is 0 Å². The van der Waals surface area contributed by atoms with Crippen molar-refractivity contribution in [1.29, 1.82) is 0 Å². The van der Waals surface area contributed by atoms with E-state index in [4.69, 9.17) is 14.2 Å². The van der Waals surface area contributed by atoms with Crippen molar-refractivity contribution < 1.29 is 19.0 Å². The van der Waals surface area contributed by atoms with Gasteiger partial charge in [-0.15, -0.1) is 0 Å². The van der Waals surface area contributed by atoms with Crippen LogP contribution < -0.4 is 9.47 Å². The van der Waals surface area contributed by atoms with Gasteiger partial charge in [-0.05, 0) is 30.2 Å². The fourth-order valence-electron chi connectivity index (χ4n) is 2.13. The van der Waals surface area contributed by atoms with Gasteiger partial charge in [-0.1, -0.05) is 40.2 Å². The van der Waals surface area contributed by atoms with E-state index in [2.05, 4.69) is 15.9 Å². The van der Waals surface area contributed by atoms with Crippen molar-refractivity contribution in [1.82, 2.24) is 0 Å². The second-order valence-corrected chi connectivity index (χ2v) is 5.80. The molecule has 0 atom stereocenters. The van der Waals surface area contributed by atoms with Crippen molar-refractivity contribution in [2.75, 3.05) is 14.2 Å². The van der Waals surface area contributed by atoms with Crippen LogP contribution >= 0.6 is 15.9 Å². The summed E-state index contributed by atoms with van der Waals surface area (Å²) < 4.78 is 16.7. The lowest BCUT2D eigenvalue weighted by Crippen LogP contribution is -2.06. The Morgan fingerprint density at radius 3 is 2.48 bits per heavy atom. The van der Waals surface area contributed by atoms with E-state index in [0.29, 0.717) is 24.3 Å². The summed E-state index contributed by atoms with van der Waals surface area (Å²) in [4.78, 5) is 11.9. The van der Waals surface area contributed by atoms with Crippen molar-refractivity contribution in [3.05, 3.63) is 58.1 Å². The van der Waals surface area contributed by atoms with Gasteiger partial charge in [0.15, 0.2) is 11.5 Å². The lowest BCUT2D eigenvalue weighted by molar-refractivity contribution is -0.144. The molecule has 0 fully saturated rings. The van der Waals surface area contributed by atoms with Gasteiger partial charge in [0, 0.05) is 16.5 Å². The number of esters is 1. The smallest absolute Gasteiger partial charge is 0.306 e. The number of hydrogen-bond donors (Lipinski definition) is 0. The van der Waals surface area contributed by atoms with Crippen molar-refractivity contribution in [3.63, 3.8) is 0 Å². The van der Waals surface area contributed by atoms with Gasteiger partial charge >= 0.3 is 5.97 Å². The molecule has 0 saturated carbocycles. The topological polar surface area (TPSA) is 44.8 Å². The van der Waals surface area contributed by atoms with Crippen LogP contribution in [-0.4, -0.2) is 20.2 Å². The normalized spacial score (nSPS) is 10.2. The van der Waals surface area contributed by atoms with Crippen LogP contribution in [0.1, 0.15) is 17.5 Å². The first-order chi connectivity index (χ1) is 11.1. The Balaban J connectivity index is 1.86. The summed E-state index contributed by atoms with van der Waals surface area (Å²) >= 11 is 3.43. The predicted octanol–water partition coefficient (Wildman–Crippen LogP) is 4.14. The molecule has 0 aliphatic carbocycles. The van der Waals surface area contributed by atoms with Gasteiger partial charge in [0.2, 0.25) is 0 Å². The monoisotopic (exact) mass is 378 g/mol. The summed E-state index contributed by atoms with van der Waals surface area (Å²) in [5.41, 5.74) is 1.95. The third-order valence-corrected chi connectivity index (χ3v) is 4.19. The summed E-state index contributed by atoms with van der Waals surface area (Å²) in [6.45, 7) is 0.270. The molecule has 0 N–H and O–H groups in total. The van der Waals surface area contributed by atoms with Crippen LogP contribution in [0, 0.1) is 0 Å². The molecule has 0 heterocycles. The highest BCUT2D eigenvalue weighted by Gasteiger charge is 2.08. The molecule has 0 bridgehead atoms. The largest absolute Gasteiger partial charge is 0.493 e. The average Bonchev–Trinajstić information content (AvgIpc) is 2.58. The summed E-state index contributed by atoms with van der Waals surface area (Å²) in [7, 11) is 3.18. The number of ether oxygens (including phenoxy) is 3. The highest BCUT2D eigenvalue weighted by molar-refractivity contribution is 9.10. The van der Waals surface area contributed by atoms with Gasteiger partial charge in [-0.3, -0.25) is 4.79 Å². The first kappa shape index (κ1) is 17.3. The van der Waals surface area contributed by atoms with Crippen LogP contribution in [0.3, 0.4) is 0 Å².